The van der Waals surface area contributed by atoms with Gasteiger partial charge >= 0.3 is 0 Å². The highest BCUT2D eigenvalue weighted by atomic mass is 35.5. The van der Waals surface area contributed by atoms with Gasteiger partial charge in [-0.1, -0.05) is 35.3 Å². The molecule has 3 aromatic rings. The van der Waals surface area contributed by atoms with Crippen molar-refractivity contribution < 1.29 is 17.9 Å². The molecule has 0 bridgehead atoms. The number of anilines is 2. The molecule has 0 atom stereocenters. The van der Waals surface area contributed by atoms with Gasteiger partial charge < -0.3 is 14.4 Å². The summed E-state index contributed by atoms with van der Waals surface area (Å²) < 4.78 is 39.7. The summed E-state index contributed by atoms with van der Waals surface area (Å²) in [5, 5.41) is 0.0458. The minimum Gasteiger partial charge on any atom is -0.490 e. The second-order valence-electron chi connectivity index (χ2n) is 7.18. The van der Waals surface area contributed by atoms with Crippen LogP contribution in [-0.2, 0) is 16.6 Å². The Kier molecular flexibility index (Phi) is 6.32. The first-order valence-corrected chi connectivity index (χ1v) is 11.9. The average Bonchev–Trinajstić information content (AvgIpc) is 2.75. The van der Waals surface area contributed by atoms with Crippen LogP contribution >= 0.6 is 23.2 Å². The number of hydrogen-bond donors (Lipinski definition) is 1. The second-order valence-corrected chi connectivity index (χ2v) is 9.62. The van der Waals surface area contributed by atoms with Crippen LogP contribution in [0.2, 0.25) is 10.0 Å². The number of nitrogens with zero attached hydrogens (tertiary/aromatic N) is 3. The van der Waals surface area contributed by atoms with Crippen molar-refractivity contribution in [1.82, 2.24) is 9.97 Å². The number of ether oxygens (including phenoxy) is 2. The average molecular weight is 495 g/mol. The van der Waals surface area contributed by atoms with Crippen LogP contribution in [0, 0.1) is 6.92 Å². The highest BCUT2D eigenvalue weighted by molar-refractivity contribution is 7.92. The van der Waals surface area contributed by atoms with Crippen molar-refractivity contribution in [3.05, 3.63) is 63.9 Å². The Labute approximate surface area is 196 Å². The van der Waals surface area contributed by atoms with E-state index in [1.54, 1.807) is 6.92 Å². The summed E-state index contributed by atoms with van der Waals surface area (Å²) in [6, 6.07) is 10.1. The maximum Gasteiger partial charge on any atom is 0.264 e. The van der Waals surface area contributed by atoms with Crippen molar-refractivity contribution >= 4 is 44.7 Å². The van der Waals surface area contributed by atoms with Crippen molar-refractivity contribution in [3.8, 4) is 11.6 Å². The summed E-state index contributed by atoms with van der Waals surface area (Å²) in [7, 11) is -2.07. The molecule has 0 spiro atoms. The second kappa shape index (κ2) is 9.01. The molecular formula is C21H20Cl2N4O4S. The third-order valence-electron chi connectivity index (χ3n) is 4.79. The van der Waals surface area contributed by atoms with E-state index in [-0.39, 0.29) is 33.2 Å². The zero-order valence-electron chi connectivity index (χ0n) is 17.3. The fraction of sp³-hybridized carbons (Fsp3) is 0.238. The molecule has 0 amide bonds. The van der Waals surface area contributed by atoms with Gasteiger partial charge in [-0.3, -0.25) is 4.72 Å². The molecule has 8 nitrogen and oxygen atoms in total. The maximum absolute atomic E-state index is 12.9. The SMILES string of the molecule is Cc1cnc(NS(=O)(=O)c2cccc(Cl)c2Cl)c(OCc2ccc3c(c2)OCCN3C)n1. The largest absolute Gasteiger partial charge is 0.490 e. The predicted octanol–water partition coefficient (Wildman–Crippen LogP) is 4.30. The van der Waals surface area contributed by atoms with Gasteiger partial charge in [0, 0.05) is 7.05 Å². The van der Waals surface area contributed by atoms with E-state index in [9.17, 15) is 8.42 Å². The van der Waals surface area contributed by atoms with E-state index in [4.69, 9.17) is 32.7 Å². The van der Waals surface area contributed by atoms with Crippen molar-refractivity contribution in [2.75, 3.05) is 29.8 Å². The van der Waals surface area contributed by atoms with E-state index in [0.29, 0.717) is 12.3 Å². The molecule has 11 heteroatoms. The normalized spacial score (nSPS) is 13.3. The number of likely N-dealkylation sites (N-methyl/N-ethyl adjacent to an activating group) is 1. The Morgan fingerprint density at radius 3 is 2.88 bits per heavy atom. The Bertz CT molecular complexity index is 1270. The number of rotatable bonds is 6. The summed E-state index contributed by atoms with van der Waals surface area (Å²) in [4.78, 5) is 10.4. The lowest BCUT2D eigenvalue weighted by Gasteiger charge is -2.28. The van der Waals surface area contributed by atoms with Crippen LogP contribution in [0.1, 0.15) is 11.3 Å². The monoisotopic (exact) mass is 494 g/mol. The van der Waals surface area contributed by atoms with Crippen molar-refractivity contribution in [2.24, 2.45) is 0 Å². The molecule has 4 rings (SSSR count). The maximum atomic E-state index is 12.9. The van der Waals surface area contributed by atoms with Crippen LogP contribution < -0.4 is 19.1 Å². The molecular weight excluding hydrogens is 475 g/mol. The number of benzene rings is 2. The number of sulfonamides is 1. The predicted molar refractivity (Wildman–Crippen MR) is 124 cm³/mol. The van der Waals surface area contributed by atoms with E-state index in [0.717, 1.165) is 23.5 Å². The van der Waals surface area contributed by atoms with Crippen LogP contribution in [0.25, 0.3) is 0 Å². The van der Waals surface area contributed by atoms with Gasteiger partial charge in [0.2, 0.25) is 5.82 Å². The van der Waals surface area contributed by atoms with Crippen LogP contribution in [0.3, 0.4) is 0 Å². The topological polar surface area (TPSA) is 93.7 Å². The Hall–Kier alpha value is -2.75. The fourth-order valence-electron chi connectivity index (χ4n) is 3.14. The van der Waals surface area contributed by atoms with Gasteiger partial charge in [0.15, 0.2) is 0 Å². The third kappa shape index (κ3) is 4.69. The number of nitrogens with one attached hydrogen (secondary N) is 1. The third-order valence-corrected chi connectivity index (χ3v) is 7.11. The number of fused-ring (bicyclic) bond motifs is 1. The van der Waals surface area contributed by atoms with Crippen LogP contribution in [0.5, 0.6) is 11.6 Å². The lowest BCUT2D eigenvalue weighted by Crippen LogP contribution is -2.28. The summed E-state index contributed by atoms with van der Waals surface area (Å²) in [5.74, 6) is 0.759. The quantitative estimate of drug-likeness (QED) is 0.545. The molecule has 1 aliphatic rings. The zero-order valence-corrected chi connectivity index (χ0v) is 19.6. The molecule has 0 aliphatic carbocycles. The van der Waals surface area contributed by atoms with Gasteiger partial charge in [-0.2, -0.15) is 0 Å². The van der Waals surface area contributed by atoms with Gasteiger partial charge in [-0.15, -0.1) is 0 Å². The molecule has 0 unspecified atom stereocenters. The van der Waals surface area contributed by atoms with Gasteiger partial charge in [0.25, 0.3) is 15.9 Å². The van der Waals surface area contributed by atoms with Gasteiger partial charge in [-0.05, 0) is 36.8 Å². The van der Waals surface area contributed by atoms with Gasteiger partial charge in [0.05, 0.1) is 34.2 Å². The Balaban J connectivity index is 1.57. The van der Waals surface area contributed by atoms with Crippen LogP contribution in [0.4, 0.5) is 11.5 Å². The van der Waals surface area contributed by atoms with E-state index < -0.39 is 10.0 Å². The van der Waals surface area contributed by atoms with E-state index >= 15 is 0 Å². The molecule has 0 saturated heterocycles. The first-order chi connectivity index (χ1) is 15.2. The Morgan fingerprint density at radius 1 is 1.25 bits per heavy atom. The van der Waals surface area contributed by atoms with E-state index in [2.05, 4.69) is 19.6 Å². The molecule has 1 aromatic heterocycles. The number of aryl methyl sites for hydroxylation is 1. The van der Waals surface area contributed by atoms with Crippen molar-refractivity contribution in [1.29, 1.82) is 0 Å². The molecule has 168 valence electrons. The molecule has 0 saturated carbocycles. The fourth-order valence-corrected chi connectivity index (χ4v) is 4.91. The molecule has 2 heterocycles. The van der Waals surface area contributed by atoms with Crippen molar-refractivity contribution in [3.63, 3.8) is 0 Å². The van der Waals surface area contributed by atoms with Crippen LogP contribution in [0.15, 0.2) is 47.5 Å². The Morgan fingerprint density at radius 2 is 2.06 bits per heavy atom. The minimum atomic E-state index is -4.08. The first-order valence-electron chi connectivity index (χ1n) is 9.65. The molecule has 1 aliphatic heterocycles. The summed E-state index contributed by atoms with van der Waals surface area (Å²) in [6.07, 6.45) is 1.44. The molecule has 32 heavy (non-hydrogen) atoms. The summed E-state index contributed by atoms with van der Waals surface area (Å²) in [5.41, 5.74) is 2.41. The number of hydrogen-bond acceptors (Lipinski definition) is 7. The van der Waals surface area contributed by atoms with Gasteiger partial charge in [-0.25, -0.2) is 18.4 Å². The number of halogens is 2. The lowest BCUT2D eigenvalue weighted by molar-refractivity contribution is 0.289. The highest BCUT2D eigenvalue weighted by Gasteiger charge is 2.23. The molecule has 0 radical (unpaired) electrons. The van der Waals surface area contributed by atoms with Crippen LogP contribution in [-0.4, -0.2) is 38.6 Å². The summed E-state index contributed by atoms with van der Waals surface area (Å²) in [6.45, 7) is 3.30. The lowest BCUT2D eigenvalue weighted by atomic mass is 10.1. The summed E-state index contributed by atoms with van der Waals surface area (Å²) >= 11 is 12.0. The first kappa shape index (κ1) is 22.4. The van der Waals surface area contributed by atoms with Crippen molar-refractivity contribution in [2.45, 2.75) is 18.4 Å². The smallest absolute Gasteiger partial charge is 0.264 e. The molecule has 0 fully saturated rings. The molecule has 2 aromatic carbocycles. The zero-order chi connectivity index (χ0) is 22.9. The standard InChI is InChI=1S/C21H20Cl2N4O4S/c1-13-11-24-20(26-32(28,29)18-5-3-4-15(22)19(18)23)21(25-13)31-12-14-6-7-16-17(10-14)30-9-8-27(16)2/h3-7,10-11H,8-9,12H2,1-2H3,(H,24,26). The molecule has 1 N–H and O–H groups in total. The van der Waals surface area contributed by atoms with Gasteiger partial charge in [0.1, 0.15) is 23.9 Å². The highest BCUT2D eigenvalue weighted by Crippen LogP contribution is 2.33. The minimum absolute atomic E-state index is 0.0440. The van der Waals surface area contributed by atoms with E-state index in [1.807, 2.05) is 25.2 Å². The number of aromatic nitrogens is 2. The van der Waals surface area contributed by atoms with E-state index in [1.165, 1.54) is 24.4 Å².